The van der Waals surface area contributed by atoms with Gasteiger partial charge in [-0.3, -0.25) is 10.9 Å². The molecule has 1 aromatic carbocycles. The lowest BCUT2D eigenvalue weighted by Gasteiger charge is -2.14. The van der Waals surface area contributed by atoms with Crippen molar-refractivity contribution in [3.63, 3.8) is 0 Å². The van der Waals surface area contributed by atoms with Gasteiger partial charge in [-0.2, -0.15) is 0 Å². The molecule has 1 aromatic heterocycles. The van der Waals surface area contributed by atoms with E-state index < -0.39 is 0 Å². The molecule has 2 rings (SSSR count). The van der Waals surface area contributed by atoms with Crippen LogP contribution in [0.5, 0.6) is 5.75 Å². The van der Waals surface area contributed by atoms with Crippen LogP contribution in [-0.2, 0) is 6.54 Å². The van der Waals surface area contributed by atoms with Crippen LogP contribution in [0.1, 0.15) is 11.3 Å². The quantitative estimate of drug-likeness (QED) is 0.563. The van der Waals surface area contributed by atoms with Crippen LogP contribution in [0.4, 0.5) is 0 Å². The lowest BCUT2D eigenvalue weighted by atomic mass is 10.2. The Labute approximate surface area is 129 Å². The molecule has 5 nitrogen and oxygen atoms in total. The van der Waals surface area contributed by atoms with Crippen molar-refractivity contribution < 1.29 is 9.15 Å². The zero-order valence-corrected chi connectivity index (χ0v) is 12.5. The van der Waals surface area contributed by atoms with Crippen molar-refractivity contribution in [2.24, 2.45) is 0 Å². The third-order valence-corrected chi connectivity index (χ3v) is 3.02. The van der Waals surface area contributed by atoms with Gasteiger partial charge in [-0.25, -0.2) is 0 Å². The normalized spacial score (nSPS) is 9.76. The second-order valence-electron chi connectivity index (χ2n) is 4.22. The molecule has 0 unspecified atom stereocenters. The Morgan fingerprint density at radius 3 is 2.62 bits per heavy atom. The van der Waals surface area contributed by atoms with Crippen LogP contribution < -0.4 is 20.9 Å². The van der Waals surface area contributed by atoms with E-state index in [1.54, 1.807) is 13.4 Å². The molecule has 0 amide bonds. The first kappa shape index (κ1) is 14.9. The number of thiocarbonyl (C=S) groups is 1. The number of ether oxygens (including phenoxy) is 1. The Kier molecular flexibility index (Phi) is 5.22. The molecule has 110 valence electrons. The highest BCUT2D eigenvalue weighted by atomic mass is 32.1. The fourth-order valence-electron chi connectivity index (χ4n) is 1.62. The Balaban J connectivity index is 1.76. The maximum Gasteiger partial charge on any atom is 0.185 e. The molecular weight excluding hydrogens is 286 g/mol. The summed E-state index contributed by atoms with van der Waals surface area (Å²) in [6, 6.07) is 11.3. The van der Waals surface area contributed by atoms with Crippen LogP contribution in [0, 0.1) is 0 Å². The summed E-state index contributed by atoms with van der Waals surface area (Å²) >= 11 is 5.15. The fraction of sp³-hybridized carbons (Fsp3) is 0.133. The van der Waals surface area contributed by atoms with Gasteiger partial charge in [0.1, 0.15) is 11.5 Å². The molecule has 0 saturated carbocycles. The number of nitrogens with one attached hydrogen (secondary N) is 3. The summed E-state index contributed by atoms with van der Waals surface area (Å²) in [6.07, 6.45) is 1.62. The van der Waals surface area contributed by atoms with E-state index in [2.05, 4.69) is 22.7 Å². The van der Waals surface area contributed by atoms with Crippen LogP contribution >= 0.6 is 12.2 Å². The van der Waals surface area contributed by atoms with Gasteiger partial charge in [0.05, 0.1) is 25.6 Å². The van der Waals surface area contributed by atoms with Gasteiger partial charge in [-0.1, -0.05) is 6.58 Å². The van der Waals surface area contributed by atoms with Crippen molar-refractivity contribution >= 4 is 23.0 Å². The first-order chi connectivity index (χ1) is 10.2. The number of rotatable bonds is 6. The van der Waals surface area contributed by atoms with Gasteiger partial charge in [0.15, 0.2) is 5.11 Å². The maximum atomic E-state index is 5.20. The number of methoxy groups -OCH3 is 1. The summed E-state index contributed by atoms with van der Waals surface area (Å²) in [5.74, 6) is 1.61. The Morgan fingerprint density at radius 1 is 1.24 bits per heavy atom. The monoisotopic (exact) mass is 303 g/mol. The standard InChI is InChI=1S/C15H17N3O2S/c1-11(12-5-7-13(19-2)8-6-12)17-18-15(21)16-10-14-4-3-9-20-14/h3-9,17H,1,10H2,2H3,(H2,16,18,21). The third-order valence-electron chi connectivity index (χ3n) is 2.77. The van der Waals surface area contributed by atoms with Crippen molar-refractivity contribution in [2.75, 3.05) is 7.11 Å². The summed E-state index contributed by atoms with van der Waals surface area (Å²) in [7, 11) is 1.63. The van der Waals surface area contributed by atoms with E-state index in [1.807, 2.05) is 36.4 Å². The van der Waals surface area contributed by atoms with E-state index in [1.165, 1.54) is 0 Å². The first-order valence-corrected chi connectivity index (χ1v) is 6.75. The molecule has 3 N–H and O–H groups in total. The Hall–Kier alpha value is -2.47. The number of hydrazine groups is 1. The lowest BCUT2D eigenvalue weighted by molar-refractivity contribution is 0.415. The van der Waals surface area contributed by atoms with E-state index in [9.17, 15) is 0 Å². The van der Waals surface area contributed by atoms with E-state index in [0.717, 1.165) is 17.1 Å². The fourth-order valence-corrected chi connectivity index (χ4v) is 1.74. The Bertz CT molecular complexity index is 594. The lowest BCUT2D eigenvalue weighted by Crippen LogP contribution is -2.42. The van der Waals surface area contributed by atoms with Gasteiger partial charge in [0.2, 0.25) is 0 Å². The van der Waals surface area contributed by atoms with Crippen LogP contribution in [0.15, 0.2) is 53.7 Å². The van der Waals surface area contributed by atoms with Gasteiger partial charge < -0.3 is 14.5 Å². The van der Waals surface area contributed by atoms with Crippen molar-refractivity contribution in [3.8, 4) is 5.75 Å². The highest BCUT2D eigenvalue weighted by molar-refractivity contribution is 7.80. The molecular formula is C15H17N3O2S. The van der Waals surface area contributed by atoms with Crippen molar-refractivity contribution in [1.82, 2.24) is 16.2 Å². The first-order valence-electron chi connectivity index (χ1n) is 6.34. The van der Waals surface area contributed by atoms with Crippen LogP contribution in [0.2, 0.25) is 0 Å². The smallest absolute Gasteiger partial charge is 0.185 e. The minimum atomic E-state index is 0.459. The van der Waals surface area contributed by atoms with E-state index in [4.69, 9.17) is 21.4 Å². The summed E-state index contributed by atoms with van der Waals surface area (Å²) < 4.78 is 10.3. The van der Waals surface area contributed by atoms with Crippen LogP contribution in [0.25, 0.3) is 5.70 Å². The molecule has 0 aliphatic heterocycles. The molecule has 0 aliphatic rings. The largest absolute Gasteiger partial charge is 0.497 e. The number of hydrogen-bond acceptors (Lipinski definition) is 4. The third kappa shape index (κ3) is 4.54. The number of benzene rings is 1. The average Bonchev–Trinajstić information content (AvgIpc) is 3.04. The molecule has 0 saturated heterocycles. The van der Waals surface area contributed by atoms with Crippen molar-refractivity contribution in [1.29, 1.82) is 0 Å². The topological polar surface area (TPSA) is 58.5 Å². The second-order valence-corrected chi connectivity index (χ2v) is 4.63. The maximum absolute atomic E-state index is 5.20. The number of furan rings is 1. The molecule has 0 spiro atoms. The number of hydrogen-bond donors (Lipinski definition) is 3. The van der Waals surface area contributed by atoms with E-state index in [-0.39, 0.29) is 0 Å². The summed E-state index contributed by atoms with van der Waals surface area (Å²) in [6.45, 7) is 4.47. The van der Waals surface area contributed by atoms with E-state index >= 15 is 0 Å². The molecule has 6 heteroatoms. The summed E-state index contributed by atoms with van der Waals surface area (Å²) in [5, 5.41) is 3.47. The SMILES string of the molecule is C=C(NNC(=S)NCc1ccco1)c1ccc(OC)cc1. The minimum Gasteiger partial charge on any atom is -0.497 e. The van der Waals surface area contributed by atoms with Gasteiger partial charge in [0.25, 0.3) is 0 Å². The molecule has 2 aromatic rings. The highest BCUT2D eigenvalue weighted by Gasteiger charge is 2.01. The van der Waals surface area contributed by atoms with E-state index in [0.29, 0.717) is 17.4 Å². The van der Waals surface area contributed by atoms with Gasteiger partial charge in [0, 0.05) is 0 Å². The van der Waals surface area contributed by atoms with Gasteiger partial charge in [-0.15, -0.1) is 0 Å². The summed E-state index contributed by atoms with van der Waals surface area (Å²) in [5.41, 5.74) is 7.47. The van der Waals surface area contributed by atoms with Crippen molar-refractivity contribution in [2.45, 2.75) is 6.54 Å². The molecule has 0 bridgehead atoms. The zero-order valence-electron chi connectivity index (χ0n) is 11.7. The average molecular weight is 303 g/mol. The van der Waals surface area contributed by atoms with Gasteiger partial charge >= 0.3 is 0 Å². The second kappa shape index (κ2) is 7.35. The zero-order chi connectivity index (χ0) is 15.1. The molecule has 0 aliphatic carbocycles. The predicted octanol–water partition coefficient (Wildman–Crippen LogP) is 2.43. The van der Waals surface area contributed by atoms with Crippen LogP contribution in [0.3, 0.4) is 0 Å². The molecule has 0 atom stereocenters. The van der Waals surface area contributed by atoms with Crippen molar-refractivity contribution in [3.05, 3.63) is 60.6 Å². The molecule has 21 heavy (non-hydrogen) atoms. The predicted molar refractivity (Wildman–Crippen MR) is 86.4 cm³/mol. The molecule has 1 heterocycles. The Morgan fingerprint density at radius 2 is 2.00 bits per heavy atom. The van der Waals surface area contributed by atoms with Crippen LogP contribution in [-0.4, -0.2) is 12.2 Å². The summed E-state index contributed by atoms with van der Waals surface area (Å²) in [4.78, 5) is 0. The molecule has 0 fully saturated rings. The van der Waals surface area contributed by atoms with Gasteiger partial charge in [-0.05, 0) is 54.2 Å². The highest BCUT2D eigenvalue weighted by Crippen LogP contribution is 2.15. The minimum absolute atomic E-state index is 0.459. The molecule has 0 radical (unpaired) electrons.